The molecule has 17 heavy (non-hydrogen) atoms. The fourth-order valence-electron chi connectivity index (χ4n) is 1.68. The standard InChI is InChI=1S/C12H10Br3NS/c1-16-11(12-10(15)4-5-17-12)8-6-7(13)2-3-9(8)14/h2-6,11,16H,1H3. The highest BCUT2D eigenvalue weighted by Crippen LogP contribution is 2.36. The lowest BCUT2D eigenvalue weighted by atomic mass is 10.1. The molecule has 1 unspecified atom stereocenters. The van der Waals surface area contributed by atoms with Gasteiger partial charge in [-0.1, -0.05) is 31.9 Å². The Bertz CT molecular complexity index is 524. The van der Waals surface area contributed by atoms with E-state index in [4.69, 9.17) is 0 Å². The van der Waals surface area contributed by atoms with E-state index in [1.54, 1.807) is 11.3 Å². The SMILES string of the molecule is CNC(c1cc(Br)ccc1Br)c1sccc1Br. The van der Waals surface area contributed by atoms with Gasteiger partial charge in [-0.3, -0.25) is 0 Å². The molecule has 0 radical (unpaired) electrons. The minimum Gasteiger partial charge on any atom is -0.309 e. The maximum atomic E-state index is 3.61. The summed E-state index contributed by atoms with van der Waals surface area (Å²) in [6.07, 6.45) is 0. The fourth-order valence-corrected chi connectivity index (χ4v) is 4.26. The van der Waals surface area contributed by atoms with Gasteiger partial charge in [0.05, 0.1) is 6.04 Å². The number of halogens is 3. The van der Waals surface area contributed by atoms with Crippen molar-refractivity contribution in [1.82, 2.24) is 5.32 Å². The minimum absolute atomic E-state index is 0.191. The molecule has 2 rings (SSSR count). The first-order valence-electron chi connectivity index (χ1n) is 4.98. The average Bonchev–Trinajstić information content (AvgIpc) is 2.71. The monoisotopic (exact) mass is 437 g/mol. The zero-order valence-electron chi connectivity index (χ0n) is 9.01. The van der Waals surface area contributed by atoms with Crippen molar-refractivity contribution in [1.29, 1.82) is 0 Å². The normalized spacial score (nSPS) is 12.7. The van der Waals surface area contributed by atoms with Crippen molar-refractivity contribution in [2.45, 2.75) is 6.04 Å². The summed E-state index contributed by atoms with van der Waals surface area (Å²) in [5.41, 5.74) is 1.23. The molecule has 0 saturated carbocycles. The van der Waals surface area contributed by atoms with Crippen molar-refractivity contribution in [3.63, 3.8) is 0 Å². The molecule has 1 heterocycles. The van der Waals surface area contributed by atoms with Gasteiger partial charge in [-0.15, -0.1) is 11.3 Å². The van der Waals surface area contributed by atoms with Crippen LogP contribution in [0.4, 0.5) is 0 Å². The van der Waals surface area contributed by atoms with Crippen LogP contribution in [-0.4, -0.2) is 7.05 Å². The maximum absolute atomic E-state index is 3.61. The highest BCUT2D eigenvalue weighted by molar-refractivity contribution is 9.11. The first kappa shape index (κ1) is 13.7. The summed E-state index contributed by atoms with van der Waals surface area (Å²) in [6, 6.07) is 8.50. The molecule has 0 aliphatic carbocycles. The molecule has 2 aromatic rings. The quantitative estimate of drug-likeness (QED) is 0.680. The molecule has 1 atom stereocenters. The van der Waals surface area contributed by atoms with E-state index in [0.29, 0.717) is 0 Å². The van der Waals surface area contributed by atoms with Crippen molar-refractivity contribution in [2.75, 3.05) is 7.05 Å². The summed E-state index contributed by atoms with van der Waals surface area (Å²) in [7, 11) is 1.98. The van der Waals surface area contributed by atoms with E-state index in [1.807, 2.05) is 13.1 Å². The molecular weight excluding hydrogens is 430 g/mol. The molecule has 1 N–H and O–H groups in total. The van der Waals surface area contributed by atoms with Crippen LogP contribution < -0.4 is 5.32 Å². The highest BCUT2D eigenvalue weighted by Gasteiger charge is 2.18. The molecular formula is C12H10Br3NS. The van der Waals surface area contributed by atoms with Crippen LogP contribution in [0.25, 0.3) is 0 Å². The number of rotatable bonds is 3. The van der Waals surface area contributed by atoms with Crippen LogP contribution in [0.2, 0.25) is 0 Å². The fraction of sp³-hybridized carbons (Fsp3) is 0.167. The molecule has 0 aliphatic heterocycles. The van der Waals surface area contributed by atoms with Crippen LogP contribution in [0.5, 0.6) is 0 Å². The van der Waals surface area contributed by atoms with E-state index in [9.17, 15) is 0 Å². The van der Waals surface area contributed by atoms with Crippen LogP contribution >= 0.6 is 59.1 Å². The third-order valence-corrected chi connectivity index (χ3v) is 5.62. The molecule has 1 aromatic heterocycles. The molecule has 1 nitrogen and oxygen atoms in total. The molecule has 1 aromatic carbocycles. The summed E-state index contributed by atoms with van der Waals surface area (Å²) < 4.78 is 3.35. The summed E-state index contributed by atoms with van der Waals surface area (Å²) in [5.74, 6) is 0. The summed E-state index contributed by atoms with van der Waals surface area (Å²) in [4.78, 5) is 1.28. The molecule has 0 aliphatic rings. The van der Waals surface area contributed by atoms with E-state index < -0.39 is 0 Å². The third kappa shape index (κ3) is 3.01. The number of thiophene rings is 1. The van der Waals surface area contributed by atoms with E-state index >= 15 is 0 Å². The smallest absolute Gasteiger partial charge is 0.0691 e. The Hall–Kier alpha value is 0.320. The second-order valence-electron chi connectivity index (χ2n) is 3.52. The van der Waals surface area contributed by atoms with E-state index in [1.165, 1.54) is 10.4 Å². The Morgan fingerprint density at radius 3 is 2.47 bits per heavy atom. The Morgan fingerprint density at radius 2 is 1.88 bits per heavy atom. The van der Waals surface area contributed by atoms with E-state index in [-0.39, 0.29) is 6.04 Å². The van der Waals surface area contributed by atoms with Crippen molar-refractivity contribution in [3.8, 4) is 0 Å². The van der Waals surface area contributed by atoms with Gasteiger partial charge in [-0.2, -0.15) is 0 Å². The lowest BCUT2D eigenvalue weighted by molar-refractivity contribution is 0.698. The number of benzene rings is 1. The predicted molar refractivity (Wildman–Crippen MR) is 84.8 cm³/mol. The predicted octanol–water partition coefficient (Wildman–Crippen LogP) is 5.34. The van der Waals surface area contributed by atoms with Gasteiger partial charge in [0.1, 0.15) is 0 Å². The maximum Gasteiger partial charge on any atom is 0.0691 e. The number of nitrogens with one attached hydrogen (secondary N) is 1. The number of hydrogen-bond donors (Lipinski definition) is 1. The van der Waals surface area contributed by atoms with Crippen molar-refractivity contribution in [2.24, 2.45) is 0 Å². The molecule has 0 amide bonds. The second-order valence-corrected chi connectivity index (χ2v) is 7.09. The van der Waals surface area contributed by atoms with Gasteiger partial charge in [0.2, 0.25) is 0 Å². The van der Waals surface area contributed by atoms with Gasteiger partial charge in [0.15, 0.2) is 0 Å². The van der Waals surface area contributed by atoms with Crippen LogP contribution in [-0.2, 0) is 0 Å². The summed E-state index contributed by atoms with van der Waals surface area (Å²) in [5, 5.41) is 5.45. The Kier molecular flexibility index (Phi) is 4.83. The molecule has 5 heteroatoms. The highest BCUT2D eigenvalue weighted by atomic mass is 79.9. The van der Waals surface area contributed by atoms with Crippen LogP contribution in [0, 0.1) is 0 Å². The van der Waals surface area contributed by atoms with Gasteiger partial charge in [-0.25, -0.2) is 0 Å². The topological polar surface area (TPSA) is 12.0 Å². The van der Waals surface area contributed by atoms with Crippen molar-refractivity contribution >= 4 is 59.1 Å². The van der Waals surface area contributed by atoms with Crippen molar-refractivity contribution in [3.05, 3.63) is 53.5 Å². The second kappa shape index (κ2) is 5.97. The van der Waals surface area contributed by atoms with E-state index in [2.05, 4.69) is 76.7 Å². The van der Waals surface area contributed by atoms with Gasteiger partial charge in [0, 0.05) is 18.3 Å². The average molecular weight is 440 g/mol. The van der Waals surface area contributed by atoms with Gasteiger partial charge in [0.25, 0.3) is 0 Å². The first-order valence-corrected chi connectivity index (χ1v) is 8.24. The van der Waals surface area contributed by atoms with Crippen LogP contribution in [0.3, 0.4) is 0 Å². The third-order valence-electron chi connectivity index (χ3n) is 2.46. The number of hydrogen-bond acceptors (Lipinski definition) is 2. The van der Waals surface area contributed by atoms with E-state index in [0.717, 1.165) is 13.4 Å². The molecule has 0 spiro atoms. The zero-order valence-corrected chi connectivity index (χ0v) is 14.6. The van der Waals surface area contributed by atoms with Gasteiger partial charge >= 0.3 is 0 Å². The largest absolute Gasteiger partial charge is 0.309 e. The first-order chi connectivity index (χ1) is 8.13. The summed E-state index contributed by atoms with van der Waals surface area (Å²) >= 11 is 12.5. The zero-order chi connectivity index (χ0) is 12.4. The Morgan fingerprint density at radius 1 is 1.12 bits per heavy atom. The minimum atomic E-state index is 0.191. The van der Waals surface area contributed by atoms with Gasteiger partial charge in [-0.05, 0) is 58.2 Å². The molecule has 90 valence electrons. The van der Waals surface area contributed by atoms with Crippen LogP contribution in [0.1, 0.15) is 16.5 Å². The molecule has 0 fully saturated rings. The lowest BCUT2D eigenvalue weighted by Gasteiger charge is -2.18. The molecule has 0 saturated heterocycles. The molecule has 0 bridgehead atoms. The Balaban J connectivity index is 2.49. The van der Waals surface area contributed by atoms with Crippen molar-refractivity contribution < 1.29 is 0 Å². The van der Waals surface area contributed by atoms with Gasteiger partial charge < -0.3 is 5.32 Å². The van der Waals surface area contributed by atoms with Crippen LogP contribution in [0.15, 0.2) is 43.1 Å². The summed E-state index contributed by atoms with van der Waals surface area (Å²) in [6.45, 7) is 0. The lowest BCUT2D eigenvalue weighted by Crippen LogP contribution is -2.17. The Labute approximate surface area is 130 Å².